The number of anilines is 1. The summed E-state index contributed by atoms with van der Waals surface area (Å²) < 4.78 is 5.18. The molecule has 104 valence electrons. The van der Waals surface area contributed by atoms with Crippen LogP contribution in [-0.4, -0.2) is 13.0 Å². The van der Waals surface area contributed by atoms with E-state index in [2.05, 4.69) is 12.2 Å². The van der Waals surface area contributed by atoms with Crippen LogP contribution in [0.1, 0.15) is 22.8 Å². The highest BCUT2D eigenvalue weighted by Crippen LogP contribution is 2.23. The van der Waals surface area contributed by atoms with E-state index < -0.39 is 0 Å². The van der Waals surface area contributed by atoms with Crippen LogP contribution in [0.2, 0.25) is 5.02 Å². The van der Waals surface area contributed by atoms with Crippen LogP contribution in [0, 0.1) is 0 Å². The van der Waals surface area contributed by atoms with Crippen LogP contribution in [0.25, 0.3) is 0 Å². The number of rotatable bonds is 4. The van der Waals surface area contributed by atoms with Crippen LogP contribution in [0.4, 0.5) is 5.69 Å². The molecule has 0 aliphatic carbocycles. The van der Waals surface area contributed by atoms with Gasteiger partial charge in [-0.25, -0.2) is 0 Å². The van der Waals surface area contributed by atoms with Crippen molar-refractivity contribution < 1.29 is 9.53 Å². The van der Waals surface area contributed by atoms with Crippen molar-refractivity contribution in [2.24, 2.45) is 0 Å². The molecule has 0 aliphatic heterocycles. The van der Waals surface area contributed by atoms with Gasteiger partial charge in [0.25, 0.3) is 5.91 Å². The molecule has 0 aromatic heterocycles. The standard InChI is InChI=1S/C16H16ClNO2/c1-3-11-4-7-13(8-5-11)18-16(19)14-10-12(17)6-9-15(14)20-2/h4-10H,3H2,1-2H3,(H,18,19). The second-order valence-electron chi connectivity index (χ2n) is 4.35. The van der Waals surface area contributed by atoms with Gasteiger partial charge in [-0.15, -0.1) is 0 Å². The highest BCUT2D eigenvalue weighted by atomic mass is 35.5. The fourth-order valence-corrected chi connectivity index (χ4v) is 2.05. The lowest BCUT2D eigenvalue weighted by Crippen LogP contribution is -2.13. The summed E-state index contributed by atoms with van der Waals surface area (Å²) in [6.07, 6.45) is 0.969. The monoisotopic (exact) mass is 289 g/mol. The highest BCUT2D eigenvalue weighted by molar-refractivity contribution is 6.31. The molecule has 1 amide bonds. The summed E-state index contributed by atoms with van der Waals surface area (Å²) in [7, 11) is 1.52. The zero-order valence-electron chi connectivity index (χ0n) is 11.4. The Bertz CT molecular complexity index is 608. The molecule has 0 fully saturated rings. The minimum Gasteiger partial charge on any atom is -0.496 e. The predicted octanol–water partition coefficient (Wildman–Crippen LogP) is 4.16. The Morgan fingerprint density at radius 3 is 2.50 bits per heavy atom. The van der Waals surface area contributed by atoms with Crippen molar-refractivity contribution in [2.75, 3.05) is 12.4 Å². The number of methoxy groups -OCH3 is 1. The maximum absolute atomic E-state index is 12.3. The van der Waals surface area contributed by atoms with E-state index in [9.17, 15) is 4.79 Å². The molecule has 20 heavy (non-hydrogen) atoms. The molecule has 0 radical (unpaired) electrons. The van der Waals surface area contributed by atoms with Gasteiger partial charge in [-0.2, -0.15) is 0 Å². The molecule has 0 heterocycles. The van der Waals surface area contributed by atoms with Crippen molar-refractivity contribution in [3.05, 3.63) is 58.6 Å². The third-order valence-corrected chi connectivity index (χ3v) is 3.26. The summed E-state index contributed by atoms with van der Waals surface area (Å²) in [5.74, 6) is 0.255. The van der Waals surface area contributed by atoms with Crippen LogP contribution in [-0.2, 0) is 6.42 Å². The first-order valence-corrected chi connectivity index (χ1v) is 6.75. The van der Waals surface area contributed by atoms with Crippen LogP contribution < -0.4 is 10.1 Å². The lowest BCUT2D eigenvalue weighted by Gasteiger charge is -2.10. The Hall–Kier alpha value is -2.00. The zero-order valence-corrected chi connectivity index (χ0v) is 12.2. The molecule has 0 bridgehead atoms. The van der Waals surface area contributed by atoms with E-state index in [0.717, 1.165) is 12.1 Å². The minimum atomic E-state index is -0.242. The molecular formula is C16H16ClNO2. The first-order chi connectivity index (χ1) is 9.63. The first kappa shape index (κ1) is 14.4. The topological polar surface area (TPSA) is 38.3 Å². The first-order valence-electron chi connectivity index (χ1n) is 6.38. The number of carbonyl (C=O) groups excluding carboxylic acids is 1. The van der Waals surface area contributed by atoms with Gasteiger partial charge in [0.2, 0.25) is 0 Å². The number of aryl methyl sites for hydroxylation is 1. The number of halogens is 1. The van der Waals surface area contributed by atoms with Crippen LogP contribution in [0.5, 0.6) is 5.75 Å². The van der Waals surface area contributed by atoms with Crippen molar-refractivity contribution in [1.29, 1.82) is 0 Å². The van der Waals surface area contributed by atoms with E-state index in [4.69, 9.17) is 16.3 Å². The van der Waals surface area contributed by atoms with Crippen molar-refractivity contribution in [2.45, 2.75) is 13.3 Å². The summed E-state index contributed by atoms with van der Waals surface area (Å²) in [5.41, 5.74) is 2.39. The molecule has 2 rings (SSSR count). The molecule has 4 heteroatoms. The van der Waals surface area contributed by atoms with E-state index >= 15 is 0 Å². The fourth-order valence-electron chi connectivity index (χ4n) is 1.88. The minimum absolute atomic E-state index is 0.242. The smallest absolute Gasteiger partial charge is 0.259 e. The number of hydrogen-bond acceptors (Lipinski definition) is 2. The van der Waals surface area contributed by atoms with E-state index in [1.54, 1.807) is 18.2 Å². The van der Waals surface area contributed by atoms with Gasteiger partial charge in [0, 0.05) is 10.7 Å². The quantitative estimate of drug-likeness (QED) is 0.917. The Morgan fingerprint density at radius 2 is 1.90 bits per heavy atom. The average Bonchev–Trinajstić information content (AvgIpc) is 2.48. The Morgan fingerprint density at radius 1 is 1.20 bits per heavy atom. The predicted molar refractivity (Wildman–Crippen MR) is 81.8 cm³/mol. The lowest BCUT2D eigenvalue weighted by atomic mass is 10.1. The summed E-state index contributed by atoms with van der Waals surface area (Å²) in [4.78, 5) is 12.3. The molecule has 1 N–H and O–H groups in total. The number of amides is 1. The molecule has 2 aromatic carbocycles. The average molecular weight is 290 g/mol. The number of hydrogen-bond donors (Lipinski definition) is 1. The summed E-state index contributed by atoms with van der Waals surface area (Å²) in [6.45, 7) is 2.09. The lowest BCUT2D eigenvalue weighted by molar-refractivity contribution is 0.102. The molecule has 0 spiro atoms. The van der Waals surface area contributed by atoms with E-state index in [0.29, 0.717) is 16.3 Å². The van der Waals surface area contributed by atoms with Gasteiger partial charge in [0.1, 0.15) is 5.75 Å². The second-order valence-corrected chi connectivity index (χ2v) is 4.79. The fraction of sp³-hybridized carbons (Fsp3) is 0.188. The molecular weight excluding hydrogens is 274 g/mol. The van der Waals surface area contributed by atoms with Crippen molar-refractivity contribution in [3.63, 3.8) is 0 Å². The molecule has 0 aliphatic rings. The van der Waals surface area contributed by atoms with E-state index in [1.807, 2.05) is 24.3 Å². The van der Waals surface area contributed by atoms with Gasteiger partial charge in [-0.1, -0.05) is 30.7 Å². The maximum atomic E-state index is 12.3. The van der Waals surface area contributed by atoms with Gasteiger partial charge in [0.05, 0.1) is 12.7 Å². The largest absolute Gasteiger partial charge is 0.496 e. The van der Waals surface area contributed by atoms with Crippen molar-refractivity contribution >= 4 is 23.2 Å². The van der Waals surface area contributed by atoms with Gasteiger partial charge in [0.15, 0.2) is 0 Å². The van der Waals surface area contributed by atoms with Crippen molar-refractivity contribution in [3.8, 4) is 5.75 Å². The number of ether oxygens (including phenoxy) is 1. The number of benzene rings is 2. The van der Waals surface area contributed by atoms with Gasteiger partial charge >= 0.3 is 0 Å². The maximum Gasteiger partial charge on any atom is 0.259 e. The molecule has 0 atom stereocenters. The summed E-state index contributed by atoms with van der Waals surface area (Å²) in [5, 5.41) is 3.33. The Kier molecular flexibility index (Phi) is 4.64. The van der Waals surface area contributed by atoms with E-state index in [1.165, 1.54) is 12.7 Å². The number of carbonyl (C=O) groups is 1. The van der Waals surface area contributed by atoms with Gasteiger partial charge < -0.3 is 10.1 Å². The Balaban J connectivity index is 2.20. The number of nitrogens with one attached hydrogen (secondary N) is 1. The van der Waals surface area contributed by atoms with Gasteiger partial charge in [-0.3, -0.25) is 4.79 Å². The molecule has 2 aromatic rings. The Labute approximate surface area is 123 Å². The molecule has 0 unspecified atom stereocenters. The van der Waals surface area contributed by atoms with Gasteiger partial charge in [-0.05, 0) is 42.3 Å². The molecule has 3 nitrogen and oxygen atoms in total. The van der Waals surface area contributed by atoms with Crippen LogP contribution in [0.15, 0.2) is 42.5 Å². The third kappa shape index (κ3) is 3.31. The second kappa shape index (κ2) is 6.44. The summed E-state index contributed by atoms with van der Waals surface area (Å²) >= 11 is 5.92. The van der Waals surface area contributed by atoms with Crippen LogP contribution >= 0.6 is 11.6 Å². The molecule has 0 saturated heterocycles. The molecule has 0 saturated carbocycles. The normalized spacial score (nSPS) is 10.2. The van der Waals surface area contributed by atoms with E-state index in [-0.39, 0.29) is 5.91 Å². The highest BCUT2D eigenvalue weighted by Gasteiger charge is 2.13. The SMILES string of the molecule is CCc1ccc(NC(=O)c2cc(Cl)ccc2OC)cc1. The zero-order chi connectivity index (χ0) is 14.5. The summed E-state index contributed by atoms with van der Waals surface area (Å²) in [6, 6.07) is 12.7. The van der Waals surface area contributed by atoms with Crippen molar-refractivity contribution in [1.82, 2.24) is 0 Å². The third-order valence-electron chi connectivity index (χ3n) is 3.03. The van der Waals surface area contributed by atoms with Crippen LogP contribution in [0.3, 0.4) is 0 Å².